The lowest BCUT2D eigenvalue weighted by Crippen LogP contribution is -2.40. The number of carbonyl (C=O) groups excluding carboxylic acids is 1. The van der Waals surface area contributed by atoms with Gasteiger partial charge in [0.25, 0.3) is 0 Å². The number of carbonyl (C=O) groups is 1. The van der Waals surface area contributed by atoms with Crippen LogP contribution < -0.4 is 5.32 Å². The van der Waals surface area contributed by atoms with Crippen LogP contribution in [0, 0.1) is 5.82 Å². The lowest BCUT2D eigenvalue weighted by molar-refractivity contribution is -0.126. The molecule has 5 heteroatoms. The van der Waals surface area contributed by atoms with Gasteiger partial charge in [-0.05, 0) is 30.2 Å². The number of ether oxygens (including phenoxy) is 1. The molecule has 0 aliphatic heterocycles. The van der Waals surface area contributed by atoms with Gasteiger partial charge < -0.3 is 15.2 Å². The highest BCUT2D eigenvalue weighted by molar-refractivity contribution is 5.77. The minimum atomic E-state index is -1.28. The summed E-state index contributed by atoms with van der Waals surface area (Å²) in [4.78, 5) is 11.8. The van der Waals surface area contributed by atoms with Crippen LogP contribution in [0.3, 0.4) is 0 Å². The molecule has 25 heavy (non-hydrogen) atoms. The van der Waals surface area contributed by atoms with Crippen LogP contribution in [0.4, 0.5) is 4.39 Å². The molecule has 2 N–H and O–H groups in total. The Morgan fingerprint density at radius 1 is 1.20 bits per heavy atom. The SMILES string of the molecule is CC(O)(CNC(=O)COC/C=C/c1ccccc1)c1ccc(F)cc1. The zero-order valence-electron chi connectivity index (χ0n) is 14.1. The third-order valence-corrected chi connectivity index (χ3v) is 3.65. The van der Waals surface area contributed by atoms with E-state index in [2.05, 4.69) is 5.32 Å². The number of hydrogen-bond acceptors (Lipinski definition) is 3. The van der Waals surface area contributed by atoms with Crippen LogP contribution in [0.5, 0.6) is 0 Å². The maximum atomic E-state index is 12.9. The number of hydrogen-bond donors (Lipinski definition) is 2. The molecule has 2 rings (SSSR count). The average Bonchev–Trinajstić information content (AvgIpc) is 2.61. The van der Waals surface area contributed by atoms with Gasteiger partial charge in [-0.1, -0.05) is 54.6 Å². The van der Waals surface area contributed by atoms with Gasteiger partial charge in [0.2, 0.25) is 5.91 Å². The van der Waals surface area contributed by atoms with Gasteiger partial charge >= 0.3 is 0 Å². The highest BCUT2D eigenvalue weighted by Gasteiger charge is 2.23. The summed E-state index contributed by atoms with van der Waals surface area (Å²) in [6.07, 6.45) is 3.74. The molecule has 1 unspecified atom stereocenters. The van der Waals surface area contributed by atoms with E-state index in [4.69, 9.17) is 4.74 Å². The molecular formula is C20H22FNO3. The van der Waals surface area contributed by atoms with E-state index in [1.807, 2.05) is 42.5 Å². The van der Waals surface area contributed by atoms with Crippen LogP contribution in [0.2, 0.25) is 0 Å². The highest BCUT2D eigenvalue weighted by Crippen LogP contribution is 2.19. The van der Waals surface area contributed by atoms with Crippen molar-refractivity contribution in [2.24, 2.45) is 0 Å². The van der Waals surface area contributed by atoms with E-state index < -0.39 is 5.60 Å². The van der Waals surface area contributed by atoms with Crippen molar-refractivity contribution in [3.8, 4) is 0 Å². The standard InChI is InChI=1S/C20H22FNO3/c1-20(24,17-9-11-18(21)12-10-17)15-22-19(23)14-25-13-5-8-16-6-3-2-4-7-16/h2-12,24H,13-15H2,1H3,(H,22,23)/b8-5+. The molecular weight excluding hydrogens is 321 g/mol. The molecule has 0 radical (unpaired) electrons. The topological polar surface area (TPSA) is 58.6 Å². The van der Waals surface area contributed by atoms with Crippen LogP contribution in [-0.4, -0.2) is 30.8 Å². The van der Waals surface area contributed by atoms with Crippen molar-refractivity contribution in [2.45, 2.75) is 12.5 Å². The molecule has 0 fully saturated rings. The average molecular weight is 343 g/mol. The van der Waals surface area contributed by atoms with Crippen molar-refractivity contribution in [1.82, 2.24) is 5.32 Å². The number of nitrogens with one attached hydrogen (secondary N) is 1. The van der Waals surface area contributed by atoms with Crippen molar-refractivity contribution in [3.05, 3.63) is 77.6 Å². The number of halogens is 1. The molecule has 0 saturated carbocycles. The second-order valence-corrected chi connectivity index (χ2v) is 5.89. The Morgan fingerprint density at radius 3 is 2.56 bits per heavy atom. The molecule has 2 aromatic rings. The monoisotopic (exact) mass is 343 g/mol. The Bertz CT molecular complexity index is 697. The fourth-order valence-corrected chi connectivity index (χ4v) is 2.20. The van der Waals surface area contributed by atoms with Crippen LogP contribution in [0.1, 0.15) is 18.1 Å². The lowest BCUT2D eigenvalue weighted by atomic mass is 9.96. The smallest absolute Gasteiger partial charge is 0.246 e. The maximum Gasteiger partial charge on any atom is 0.246 e. The van der Waals surface area contributed by atoms with Gasteiger partial charge in [-0.25, -0.2) is 4.39 Å². The summed E-state index contributed by atoms with van der Waals surface area (Å²) < 4.78 is 18.2. The largest absolute Gasteiger partial charge is 0.384 e. The van der Waals surface area contributed by atoms with Crippen molar-refractivity contribution < 1.29 is 19.0 Å². The fraction of sp³-hybridized carbons (Fsp3) is 0.250. The van der Waals surface area contributed by atoms with Gasteiger partial charge in [0, 0.05) is 0 Å². The molecule has 0 bridgehead atoms. The second-order valence-electron chi connectivity index (χ2n) is 5.89. The molecule has 0 aliphatic rings. The van der Waals surface area contributed by atoms with Gasteiger partial charge in [-0.3, -0.25) is 4.79 Å². The summed E-state index contributed by atoms with van der Waals surface area (Å²) in [6, 6.07) is 15.3. The van der Waals surface area contributed by atoms with Gasteiger partial charge in [0.05, 0.1) is 13.2 Å². The Balaban J connectivity index is 1.69. The predicted octanol–water partition coefficient (Wildman–Crippen LogP) is 2.88. The van der Waals surface area contributed by atoms with Gasteiger partial charge in [-0.15, -0.1) is 0 Å². The quantitative estimate of drug-likeness (QED) is 0.725. The maximum absolute atomic E-state index is 12.9. The first-order chi connectivity index (χ1) is 12.0. The van der Waals surface area contributed by atoms with Crippen LogP contribution in [-0.2, 0) is 15.1 Å². The fourth-order valence-electron chi connectivity index (χ4n) is 2.20. The molecule has 0 spiro atoms. The minimum Gasteiger partial charge on any atom is -0.384 e. The number of rotatable bonds is 8. The molecule has 0 aromatic heterocycles. The van der Waals surface area contributed by atoms with E-state index in [0.29, 0.717) is 12.2 Å². The van der Waals surface area contributed by atoms with E-state index >= 15 is 0 Å². The van der Waals surface area contributed by atoms with E-state index in [1.54, 1.807) is 6.92 Å². The molecule has 1 amide bonds. The first-order valence-electron chi connectivity index (χ1n) is 8.02. The summed E-state index contributed by atoms with van der Waals surface area (Å²) >= 11 is 0. The molecule has 0 aliphatic carbocycles. The minimum absolute atomic E-state index is 0.0146. The van der Waals surface area contributed by atoms with Gasteiger partial charge in [-0.2, -0.15) is 0 Å². The van der Waals surface area contributed by atoms with E-state index in [0.717, 1.165) is 5.56 Å². The zero-order valence-corrected chi connectivity index (χ0v) is 14.1. The summed E-state index contributed by atoms with van der Waals surface area (Å²) in [7, 11) is 0. The number of aliphatic hydroxyl groups is 1. The van der Waals surface area contributed by atoms with E-state index in [9.17, 15) is 14.3 Å². The van der Waals surface area contributed by atoms with Crippen molar-refractivity contribution in [2.75, 3.05) is 19.8 Å². The van der Waals surface area contributed by atoms with Crippen molar-refractivity contribution in [3.63, 3.8) is 0 Å². The van der Waals surface area contributed by atoms with Gasteiger partial charge in [0.1, 0.15) is 18.0 Å². The van der Waals surface area contributed by atoms with Crippen LogP contribution >= 0.6 is 0 Å². The molecule has 4 nitrogen and oxygen atoms in total. The molecule has 132 valence electrons. The first-order valence-corrected chi connectivity index (χ1v) is 8.02. The van der Waals surface area contributed by atoms with Crippen LogP contribution in [0.15, 0.2) is 60.7 Å². The molecule has 0 saturated heterocycles. The second kappa shape index (κ2) is 9.11. The zero-order chi connectivity index (χ0) is 18.1. The van der Waals surface area contributed by atoms with Crippen molar-refractivity contribution >= 4 is 12.0 Å². The van der Waals surface area contributed by atoms with E-state index in [-0.39, 0.29) is 24.9 Å². The first kappa shape index (κ1) is 18.8. The van der Waals surface area contributed by atoms with Crippen molar-refractivity contribution in [1.29, 1.82) is 0 Å². The lowest BCUT2D eigenvalue weighted by Gasteiger charge is -2.24. The van der Waals surface area contributed by atoms with E-state index in [1.165, 1.54) is 24.3 Å². The summed E-state index contributed by atoms with van der Waals surface area (Å²) in [5, 5.41) is 13.0. The third kappa shape index (κ3) is 6.49. The van der Waals surface area contributed by atoms with Crippen LogP contribution in [0.25, 0.3) is 6.08 Å². The Morgan fingerprint density at radius 2 is 1.88 bits per heavy atom. The van der Waals surface area contributed by atoms with Gasteiger partial charge in [0.15, 0.2) is 0 Å². The Labute approximate surface area is 147 Å². The predicted molar refractivity (Wildman–Crippen MR) is 95.3 cm³/mol. The number of amides is 1. The third-order valence-electron chi connectivity index (χ3n) is 3.65. The highest BCUT2D eigenvalue weighted by atomic mass is 19.1. The summed E-state index contributed by atoms with van der Waals surface area (Å²) in [5.41, 5.74) is 0.308. The Kier molecular flexibility index (Phi) is 6.86. The molecule has 0 heterocycles. The molecule has 2 aromatic carbocycles. The summed E-state index contributed by atoms with van der Waals surface area (Å²) in [6.45, 7) is 1.79. The Hall–Kier alpha value is -2.50. The molecule has 1 atom stereocenters. The number of benzene rings is 2. The normalized spacial score (nSPS) is 13.6. The summed E-state index contributed by atoms with van der Waals surface area (Å²) in [5.74, 6) is -0.698.